The van der Waals surface area contributed by atoms with Gasteiger partial charge in [-0.05, 0) is 12.1 Å². The highest BCUT2D eigenvalue weighted by molar-refractivity contribution is 7.16. The van der Waals surface area contributed by atoms with Crippen molar-refractivity contribution < 1.29 is 23.6 Å². The van der Waals surface area contributed by atoms with Crippen molar-refractivity contribution in [3.8, 4) is 11.6 Å². The Labute approximate surface area is 146 Å². The normalized spacial score (nSPS) is 10.9. The molecule has 13 nitrogen and oxygen atoms in total. The van der Waals surface area contributed by atoms with Crippen LogP contribution in [-0.2, 0) is 0 Å². The molecule has 3 rings (SSSR count). The Balaban J connectivity index is 1.64. The first-order valence-corrected chi connectivity index (χ1v) is 7.41. The molecule has 3 aromatic rings. The lowest BCUT2D eigenvalue weighted by Crippen LogP contribution is -2.17. The van der Waals surface area contributed by atoms with Crippen LogP contribution in [0.15, 0.2) is 38.3 Å². The average molecular weight is 378 g/mol. The van der Waals surface area contributed by atoms with Crippen molar-refractivity contribution in [2.75, 3.05) is 0 Å². The van der Waals surface area contributed by atoms with Crippen molar-refractivity contribution in [1.29, 1.82) is 0 Å². The summed E-state index contributed by atoms with van der Waals surface area (Å²) in [6, 6.07) is 5.14. The summed E-state index contributed by atoms with van der Waals surface area (Å²) < 4.78 is 9.61. The van der Waals surface area contributed by atoms with E-state index in [2.05, 4.69) is 20.7 Å². The van der Waals surface area contributed by atoms with E-state index < -0.39 is 27.5 Å². The summed E-state index contributed by atoms with van der Waals surface area (Å²) in [6.45, 7) is 0. The number of rotatable bonds is 6. The molecule has 1 N–H and O–H groups in total. The van der Waals surface area contributed by atoms with Gasteiger partial charge in [-0.25, -0.2) is 5.43 Å². The summed E-state index contributed by atoms with van der Waals surface area (Å²) >= 11 is 0.876. The van der Waals surface area contributed by atoms with Gasteiger partial charge in [0.1, 0.15) is 4.92 Å². The molecule has 1 amide bonds. The van der Waals surface area contributed by atoms with Crippen molar-refractivity contribution >= 4 is 34.3 Å². The SMILES string of the molecule is O=C(NN=Cc1ccc([N+](=O)[O-])s1)c1nc(-c2ccc([N+](=O)[O-])o2)no1. The summed E-state index contributed by atoms with van der Waals surface area (Å²) in [5.41, 5.74) is 2.11. The molecular weight excluding hydrogens is 372 g/mol. The Hall–Kier alpha value is -3.94. The van der Waals surface area contributed by atoms with Crippen LogP contribution < -0.4 is 5.43 Å². The predicted octanol–water partition coefficient (Wildman–Crippen LogP) is 1.97. The summed E-state index contributed by atoms with van der Waals surface area (Å²) in [6.07, 6.45) is 1.21. The first-order valence-electron chi connectivity index (χ1n) is 6.60. The lowest BCUT2D eigenvalue weighted by Gasteiger charge is -1.91. The molecule has 0 spiro atoms. The van der Waals surface area contributed by atoms with Crippen molar-refractivity contribution in [2.24, 2.45) is 5.10 Å². The standard InChI is InChI=1S/C12H6N6O7S/c19-11(15-13-5-6-1-4-9(26-6)18(22)23)12-14-10(16-25-12)7-2-3-8(24-7)17(20)21/h1-5H,(H,15,19). The molecule has 0 atom stereocenters. The average Bonchev–Trinajstić information content (AvgIpc) is 3.33. The van der Waals surface area contributed by atoms with Crippen molar-refractivity contribution in [2.45, 2.75) is 0 Å². The number of aromatic nitrogens is 2. The van der Waals surface area contributed by atoms with Gasteiger partial charge >= 0.3 is 22.7 Å². The highest BCUT2D eigenvalue weighted by Crippen LogP contribution is 2.24. The Morgan fingerprint density at radius 3 is 2.69 bits per heavy atom. The van der Waals surface area contributed by atoms with Gasteiger partial charge in [0.25, 0.3) is 0 Å². The van der Waals surface area contributed by atoms with Gasteiger partial charge in [-0.2, -0.15) is 10.1 Å². The number of hydrogen-bond acceptors (Lipinski definition) is 11. The Morgan fingerprint density at radius 1 is 1.23 bits per heavy atom. The topological polar surface area (TPSA) is 180 Å². The van der Waals surface area contributed by atoms with Gasteiger partial charge in [0.15, 0.2) is 5.76 Å². The first-order chi connectivity index (χ1) is 12.4. The molecule has 132 valence electrons. The molecule has 0 aromatic carbocycles. The van der Waals surface area contributed by atoms with Crippen molar-refractivity contribution in [3.05, 3.63) is 55.3 Å². The fourth-order valence-electron chi connectivity index (χ4n) is 1.67. The Morgan fingerprint density at radius 2 is 2.04 bits per heavy atom. The molecule has 0 aliphatic carbocycles. The van der Waals surface area contributed by atoms with Gasteiger partial charge in [-0.15, -0.1) is 0 Å². The number of carbonyl (C=O) groups excluding carboxylic acids is 1. The predicted molar refractivity (Wildman–Crippen MR) is 84.7 cm³/mol. The van der Waals surface area contributed by atoms with E-state index in [4.69, 9.17) is 8.94 Å². The monoisotopic (exact) mass is 378 g/mol. The van der Waals surface area contributed by atoms with E-state index in [1.807, 2.05) is 0 Å². The fraction of sp³-hybridized carbons (Fsp3) is 0. The molecule has 0 saturated carbocycles. The maximum absolute atomic E-state index is 11.8. The smallest absolute Gasteiger partial charge is 0.397 e. The van der Waals surface area contributed by atoms with Gasteiger partial charge in [0.2, 0.25) is 5.82 Å². The second-order valence-corrected chi connectivity index (χ2v) is 5.54. The summed E-state index contributed by atoms with van der Waals surface area (Å²) in [7, 11) is 0. The zero-order valence-electron chi connectivity index (χ0n) is 12.4. The number of thiophene rings is 1. The van der Waals surface area contributed by atoms with E-state index in [1.54, 1.807) is 0 Å². The molecule has 0 saturated heterocycles. The molecular formula is C12H6N6O7S. The third kappa shape index (κ3) is 3.59. The van der Waals surface area contributed by atoms with Crippen LogP contribution in [0.3, 0.4) is 0 Å². The first kappa shape index (κ1) is 16.9. The van der Waals surface area contributed by atoms with Crippen LogP contribution in [0.25, 0.3) is 11.6 Å². The maximum Gasteiger partial charge on any atom is 0.433 e. The minimum absolute atomic E-state index is 0.0473. The molecule has 26 heavy (non-hydrogen) atoms. The quantitative estimate of drug-likeness (QED) is 0.381. The minimum atomic E-state index is -0.841. The van der Waals surface area contributed by atoms with Crippen LogP contribution in [0.1, 0.15) is 15.6 Å². The molecule has 0 unspecified atom stereocenters. The third-order valence-electron chi connectivity index (χ3n) is 2.76. The number of amides is 1. The van der Waals surface area contributed by atoms with Gasteiger partial charge in [-0.1, -0.05) is 16.5 Å². The zero-order chi connectivity index (χ0) is 18.7. The number of nitrogens with one attached hydrogen (secondary N) is 1. The Kier molecular flexibility index (Phi) is 4.48. The number of hydrazone groups is 1. The highest BCUT2D eigenvalue weighted by atomic mass is 32.1. The van der Waals surface area contributed by atoms with Crippen molar-refractivity contribution in [3.63, 3.8) is 0 Å². The van der Waals surface area contributed by atoms with Crippen LogP contribution in [-0.4, -0.2) is 32.1 Å². The van der Waals surface area contributed by atoms with Crippen LogP contribution in [0.5, 0.6) is 0 Å². The second kappa shape index (κ2) is 6.89. The third-order valence-corrected chi connectivity index (χ3v) is 3.73. The van der Waals surface area contributed by atoms with E-state index in [-0.39, 0.29) is 16.6 Å². The van der Waals surface area contributed by atoms with E-state index in [0.29, 0.717) is 4.88 Å². The van der Waals surface area contributed by atoms with Crippen molar-refractivity contribution in [1.82, 2.24) is 15.6 Å². The lowest BCUT2D eigenvalue weighted by molar-refractivity contribution is -0.401. The largest absolute Gasteiger partial charge is 0.433 e. The molecule has 3 heterocycles. The number of nitrogens with zero attached hydrogens (tertiary/aromatic N) is 5. The van der Waals surface area contributed by atoms with Crippen LogP contribution in [0.4, 0.5) is 10.9 Å². The zero-order valence-corrected chi connectivity index (χ0v) is 13.2. The number of furan rings is 1. The summed E-state index contributed by atoms with van der Waals surface area (Å²) in [5.74, 6) is -2.00. The van der Waals surface area contributed by atoms with E-state index in [9.17, 15) is 25.0 Å². The van der Waals surface area contributed by atoms with E-state index in [0.717, 1.165) is 17.4 Å². The van der Waals surface area contributed by atoms with Crippen LogP contribution in [0, 0.1) is 20.2 Å². The number of carbonyl (C=O) groups is 1. The summed E-state index contributed by atoms with van der Waals surface area (Å²) in [4.78, 5) is 35.9. The fourth-order valence-corrected chi connectivity index (χ4v) is 2.37. The van der Waals surface area contributed by atoms with E-state index in [1.165, 1.54) is 24.4 Å². The van der Waals surface area contributed by atoms with E-state index >= 15 is 0 Å². The molecule has 14 heteroatoms. The van der Waals surface area contributed by atoms with Crippen LogP contribution in [0.2, 0.25) is 0 Å². The van der Waals surface area contributed by atoms with Gasteiger partial charge in [0, 0.05) is 6.07 Å². The minimum Gasteiger partial charge on any atom is -0.397 e. The molecule has 0 bridgehead atoms. The molecule has 0 aliphatic rings. The lowest BCUT2D eigenvalue weighted by atomic mass is 10.4. The van der Waals surface area contributed by atoms with Gasteiger partial charge < -0.3 is 8.94 Å². The molecule has 0 aliphatic heterocycles. The summed E-state index contributed by atoms with van der Waals surface area (Å²) in [5, 5.41) is 28.2. The van der Waals surface area contributed by atoms with Gasteiger partial charge in [-0.3, -0.25) is 25.0 Å². The maximum atomic E-state index is 11.8. The molecule has 3 aromatic heterocycles. The second-order valence-electron chi connectivity index (χ2n) is 4.45. The molecule has 0 fully saturated rings. The molecule has 0 radical (unpaired) electrons. The van der Waals surface area contributed by atoms with Crippen LogP contribution >= 0.6 is 11.3 Å². The Bertz CT molecular complexity index is 1020. The van der Waals surface area contributed by atoms with Gasteiger partial charge in [0.05, 0.1) is 22.1 Å². The number of nitro groups is 2. The highest BCUT2D eigenvalue weighted by Gasteiger charge is 2.20. The number of hydrogen-bond donors (Lipinski definition) is 1.